The molecule has 0 bridgehead atoms. The lowest BCUT2D eigenvalue weighted by Gasteiger charge is -2.14. The van der Waals surface area contributed by atoms with Gasteiger partial charge in [0.2, 0.25) is 0 Å². The van der Waals surface area contributed by atoms with Crippen LogP contribution in [0.5, 0.6) is 11.5 Å². The highest BCUT2D eigenvalue weighted by molar-refractivity contribution is 5.90. The van der Waals surface area contributed by atoms with Gasteiger partial charge in [0.15, 0.2) is 11.5 Å². The molecule has 4 nitrogen and oxygen atoms in total. The highest BCUT2D eigenvalue weighted by Gasteiger charge is 2.14. The number of aryl methyl sites for hydroxylation is 1. The van der Waals surface area contributed by atoms with E-state index in [1.54, 1.807) is 18.2 Å². The van der Waals surface area contributed by atoms with E-state index in [0.29, 0.717) is 30.3 Å². The van der Waals surface area contributed by atoms with Crippen LogP contribution >= 0.6 is 0 Å². The topological polar surface area (TPSA) is 44.8 Å². The van der Waals surface area contributed by atoms with Crippen molar-refractivity contribution in [3.8, 4) is 11.5 Å². The molecule has 2 aromatic rings. The van der Waals surface area contributed by atoms with Gasteiger partial charge in [-0.05, 0) is 51.5 Å². The molecule has 0 saturated heterocycles. The molecule has 0 N–H and O–H groups in total. The first kappa shape index (κ1) is 17.9. The van der Waals surface area contributed by atoms with Gasteiger partial charge >= 0.3 is 5.97 Å². The summed E-state index contributed by atoms with van der Waals surface area (Å²) >= 11 is 0. The molecule has 0 fully saturated rings. The van der Waals surface area contributed by atoms with Crippen molar-refractivity contribution in [2.45, 2.75) is 40.4 Å². The molecule has 0 aromatic heterocycles. The minimum Gasteiger partial charge on any atom is -0.490 e. The van der Waals surface area contributed by atoms with Crippen molar-refractivity contribution in [3.05, 3.63) is 59.2 Å². The third-order valence-corrected chi connectivity index (χ3v) is 3.34. The maximum Gasteiger partial charge on any atom is 0.338 e. The summed E-state index contributed by atoms with van der Waals surface area (Å²) in [5, 5.41) is 0. The fraction of sp³-hybridized carbons (Fsp3) is 0.350. The van der Waals surface area contributed by atoms with Crippen molar-refractivity contribution in [2.75, 3.05) is 6.61 Å². The molecule has 0 heterocycles. The molecule has 0 aliphatic carbocycles. The van der Waals surface area contributed by atoms with Crippen LogP contribution in [0.25, 0.3) is 0 Å². The number of carbonyl (C=O) groups excluding carboxylic acids is 1. The minimum atomic E-state index is -0.365. The molecule has 0 spiro atoms. The average Bonchev–Trinajstić information content (AvgIpc) is 2.54. The van der Waals surface area contributed by atoms with Crippen molar-refractivity contribution in [3.63, 3.8) is 0 Å². The Labute approximate surface area is 143 Å². The molecule has 0 atom stereocenters. The number of hydrogen-bond donors (Lipinski definition) is 0. The molecule has 2 aromatic carbocycles. The maximum absolute atomic E-state index is 12.0. The average molecular weight is 328 g/mol. The molecule has 0 saturated carbocycles. The van der Waals surface area contributed by atoms with E-state index in [-0.39, 0.29) is 12.1 Å². The van der Waals surface area contributed by atoms with Crippen LogP contribution in [0.2, 0.25) is 0 Å². The van der Waals surface area contributed by atoms with E-state index < -0.39 is 0 Å². The zero-order valence-electron chi connectivity index (χ0n) is 14.7. The zero-order valence-corrected chi connectivity index (χ0v) is 14.7. The Morgan fingerprint density at radius 2 is 1.71 bits per heavy atom. The Morgan fingerprint density at radius 1 is 1.00 bits per heavy atom. The minimum absolute atomic E-state index is 0.162. The molecule has 0 radical (unpaired) electrons. The Balaban J connectivity index is 2.13. The van der Waals surface area contributed by atoms with Crippen molar-refractivity contribution in [1.82, 2.24) is 0 Å². The van der Waals surface area contributed by atoms with E-state index in [1.165, 1.54) is 5.56 Å². The van der Waals surface area contributed by atoms with Crippen LogP contribution < -0.4 is 9.47 Å². The number of benzene rings is 2. The zero-order chi connectivity index (χ0) is 17.5. The van der Waals surface area contributed by atoms with Gasteiger partial charge in [0.05, 0.1) is 18.3 Å². The van der Waals surface area contributed by atoms with Crippen LogP contribution in [0, 0.1) is 6.92 Å². The van der Waals surface area contributed by atoms with Crippen LogP contribution in [-0.2, 0) is 11.3 Å². The largest absolute Gasteiger partial charge is 0.490 e. The second kappa shape index (κ2) is 8.39. The van der Waals surface area contributed by atoms with Crippen LogP contribution in [0.3, 0.4) is 0 Å². The fourth-order valence-corrected chi connectivity index (χ4v) is 2.15. The highest BCUT2D eigenvalue weighted by Crippen LogP contribution is 2.29. The second-order valence-electron chi connectivity index (χ2n) is 5.82. The van der Waals surface area contributed by atoms with Crippen LogP contribution in [0.4, 0.5) is 0 Å². The standard InChI is InChI=1S/C20H24O4/c1-5-22-19-12-17(20(21)24-14(2)3)10-11-18(19)23-13-16-8-6-15(4)7-9-16/h6-12,14H,5,13H2,1-4H3. The van der Waals surface area contributed by atoms with Gasteiger partial charge in [0.1, 0.15) is 6.61 Å². The summed E-state index contributed by atoms with van der Waals surface area (Å²) in [5.41, 5.74) is 2.74. The number of carbonyl (C=O) groups is 1. The first-order chi connectivity index (χ1) is 11.5. The van der Waals surface area contributed by atoms with E-state index in [0.717, 1.165) is 5.56 Å². The normalized spacial score (nSPS) is 10.5. The first-order valence-corrected chi connectivity index (χ1v) is 8.15. The summed E-state index contributed by atoms with van der Waals surface area (Å²) in [4.78, 5) is 12.0. The molecule has 24 heavy (non-hydrogen) atoms. The van der Waals surface area contributed by atoms with Gasteiger partial charge in [-0.3, -0.25) is 0 Å². The summed E-state index contributed by atoms with van der Waals surface area (Å²) in [6.07, 6.45) is -0.162. The lowest BCUT2D eigenvalue weighted by molar-refractivity contribution is 0.0377. The predicted octanol–water partition coefficient (Wildman–Crippen LogP) is 4.54. The summed E-state index contributed by atoms with van der Waals surface area (Å²) in [7, 11) is 0. The summed E-state index contributed by atoms with van der Waals surface area (Å²) in [5.74, 6) is 0.789. The molecule has 0 amide bonds. The number of rotatable bonds is 7. The smallest absolute Gasteiger partial charge is 0.338 e. The summed E-state index contributed by atoms with van der Waals surface area (Å²) in [6.45, 7) is 8.51. The van der Waals surface area contributed by atoms with Crippen LogP contribution in [0.1, 0.15) is 42.3 Å². The molecule has 0 aliphatic rings. The van der Waals surface area contributed by atoms with Crippen LogP contribution in [-0.4, -0.2) is 18.7 Å². The Morgan fingerprint density at radius 3 is 2.33 bits per heavy atom. The first-order valence-electron chi connectivity index (χ1n) is 8.15. The van der Waals surface area contributed by atoms with Gasteiger partial charge in [0.25, 0.3) is 0 Å². The van der Waals surface area contributed by atoms with Crippen molar-refractivity contribution < 1.29 is 19.0 Å². The highest BCUT2D eigenvalue weighted by atomic mass is 16.5. The van der Waals surface area contributed by atoms with E-state index in [2.05, 4.69) is 0 Å². The predicted molar refractivity (Wildman–Crippen MR) is 93.7 cm³/mol. The molecular weight excluding hydrogens is 304 g/mol. The Bertz CT molecular complexity index is 675. The van der Waals surface area contributed by atoms with Crippen molar-refractivity contribution >= 4 is 5.97 Å². The van der Waals surface area contributed by atoms with Gasteiger partial charge in [-0.25, -0.2) is 4.79 Å². The maximum atomic E-state index is 12.0. The van der Waals surface area contributed by atoms with Gasteiger partial charge in [-0.2, -0.15) is 0 Å². The molecular formula is C20H24O4. The van der Waals surface area contributed by atoms with Gasteiger partial charge in [-0.15, -0.1) is 0 Å². The van der Waals surface area contributed by atoms with E-state index in [9.17, 15) is 4.79 Å². The fourth-order valence-electron chi connectivity index (χ4n) is 2.15. The van der Waals surface area contributed by atoms with E-state index >= 15 is 0 Å². The third kappa shape index (κ3) is 5.01. The molecule has 0 aliphatic heterocycles. The van der Waals surface area contributed by atoms with E-state index in [1.807, 2.05) is 52.0 Å². The Hall–Kier alpha value is -2.49. The second-order valence-corrected chi connectivity index (χ2v) is 5.82. The van der Waals surface area contributed by atoms with Crippen molar-refractivity contribution in [2.24, 2.45) is 0 Å². The molecule has 4 heteroatoms. The van der Waals surface area contributed by atoms with E-state index in [4.69, 9.17) is 14.2 Å². The molecule has 2 rings (SSSR count). The third-order valence-electron chi connectivity index (χ3n) is 3.34. The quantitative estimate of drug-likeness (QED) is 0.700. The van der Waals surface area contributed by atoms with Gasteiger partial charge in [0, 0.05) is 0 Å². The molecule has 128 valence electrons. The van der Waals surface area contributed by atoms with Crippen molar-refractivity contribution in [1.29, 1.82) is 0 Å². The van der Waals surface area contributed by atoms with Crippen LogP contribution in [0.15, 0.2) is 42.5 Å². The number of hydrogen-bond acceptors (Lipinski definition) is 4. The SMILES string of the molecule is CCOc1cc(C(=O)OC(C)C)ccc1OCc1ccc(C)cc1. The monoisotopic (exact) mass is 328 g/mol. The number of esters is 1. The van der Waals surface area contributed by atoms with Gasteiger partial charge in [-0.1, -0.05) is 29.8 Å². The lowest BCUT2D eigenvalue weighted by atomic mass is 10.1. The summed E-state index contributed by atoms with van der Waals surface area (Å²) < 4.78 is 16.7. The lowest BCUT2D eigenvalue weighted by Crippen LogP contribution is -2.12. The number of ether oxygens (including phenoxy) is 3. The van der Waals surface area contributed by atoms with Gasteiger partial charge < -0.3 is 14.2 Å². The summed E-state index contributed by atoms with van der Waals surface area (Å²) in [6, 6.07) is 13.3. The Kier molecular flexibility index (Phi) is 6.24. The molecule has 0 unspecified atom stereocenters.